The number of benzene rings is 2. The molecule has 0 aliphatic heterocycles. The van der Waals surface area contributed by atoms with Crippen molar-refractivity contribution in [2.45, 2.75) is 13.5 Å². The lowest BCUT2D eigenvalue weighted by atomic mass is 10.1. The Morgan fingerprint density at radius 1 is 1.18 bits per heavy atom. The molecule has 0 saturated carbocycles. The first kappa shape index (κ1) is 18.1. The molecule has 0 atom stereocenters. The highest BCUT2D eigenvalue weighted by Gasteiger charge is 2.14. The lowest BCUT2D eigenvalue weighted by Crippen LogP contribution is -2.13. The standard InChI is InChI=1S/C21H17FN4OS/c1-2-26-19(13-18(25-26)21-23-11-12-28-21)14-7-9-15(10-8-14)24-20(27)16-5-3-4-6-17(16)22/h3-13H,2H2,1H3,(H,24,27). The molecule has 4 aromatic rings. The minimum absolute atomic E-state index is 0.0173. The number of carbonyl (C=O) groups is 1. The summed E-state index contributed by atoms with van der Waals surface area (Å²) in [5, 5.41) is 10.1. The summed E-state index contributed by atoms with van der Waals surface area (Å²) in [4.78, 5) is 16.6. The molecular weight excluding hydrogens is 375 g/mol. The molecule has 0 radical (unpaired) electrons. The van der Waals surface area contributed by atoms with Crippen molar-refractivity contribution in [2.75, 3.05) is 5.32 Å². The van der Waals surface area contributed by atoms with Gasteiger partial charge >= 0.3 is 0 Å². The van der Waals surface area contributed by atoms with Crippen LogP contribution < -0.4 is 5.32 Å². The second-order valence-electron chi connectivity index (χ2n) is 6.08. The summed E-state index contributed by atoms with van der Waals surface area (Å²) in [5.41, 5.74) is 3.40. The van der Waals surface area contributed by atoms with E-state index in [0.717, 1.165) is 28.5 Å². The molecule has 0 unspecified atom stereocenters. The number of nitrogens with one attached hydrogen (secondary N) is 1. The van der Waals surface area contributed by atoms with E-state index < -0.39 is 11.7 Å². The Balaban J connectivity index is 1.57. The fourth-order valence-electron chi connectivity index (χ4n) is 2.91. The Morgan fingerprint density at radius 2 is 1.96 bits per heavy atom. The van der Waals surface area contributed by atoms with Crippen LogP contribution in [0.2, 0.25) is 0 Å². The number of nitrogens with zero attached hydrogens (tertiary/aromatic N) is 3. The van der Waals surface area contributed by atoms with Crippen LogP contribution in [-0.2, 0) is 6.54 Å². The van der Waals surface area contributed by atoms with E-state index in [0.29, 0.717) is 5.69 Å². The van der Waals surface area contributed by atoms with E-state index in [1.54, 1.807) is 41.8 Å². The Kier molecular flexibility index (Phi) is 4.99. The van der Waals surface area contributed by atoms with Gasteiger partial charge in [-0.25, -0.2) is 9.37 Å². The average Bonchev–Trinajstić information content (AvgIpc) is 3.38. The van der Waals surface area contributed by atoms with Gasteiger partial charge in [0.25, 0.3) is 5.91 Å². The fourth-order valence-corrected chi connectivity index (χ4v) is 3.51. The minimum Gasteiger partial charge on any atom is -0.322 e. The molecule has 1 N–H and O–H groups in total. The van der Waals surface area contributed by atoms with Gasteiger partial charge in [-0.1, -0.05) is 24.3 Å². The molecule has 0 spiro atoms. The van der Waals surface area contributed by atoms with Gasteiger partial charge in [0.05, 0.1) is 11.3 Å². The first-order chi connectivity index (χ1) is 13.7. The van der Waals surface area contributed by atoms with Gasteiger partial charge in [-0.2, -0.15) is 5.10 Å². The number of halogens is 1. The van der Waals surface area contributed by atoms with Crippen LogP contribution in [0.3, 0.4) is 0 Å². The number of rotatable bonds is 5. The Bertz CT molecular complexity index is 1100. The first-order valence-corrected chi connectivity index (χ1v) is 9.67. The number of hydrogen-bond donors (Lipinski definition) is 1. The van der Waals surface area contributed by atoms with Crippen LogP contribution in [-0.4, -0.2) is 20.7 Å². The topological polar surface area (TPSA) is 59.8 Å². The van der Waals surface area contributed by atoms with E-state index in [9.17, 15) is 9.18 Å². The number of thiazole rings is 1. The Labute approximate surface area is 165 Å². The van der Waals surface area contributed by atoms with Crippen molar-refractivity contribution in [1.82, 2.24) is 14.8 Å². The van der Waals surface area contributed by atoms with Crippen LogP contribution in [0.4, 0.5) is 10.1 Å². The third-order valence-electron chi connectivity index (χ3n) is 4.29. The Hall–Kier alpha value is -3.32. The average molecular weight is 392 g/mol. The maximum Gasteiger partial charge on any atom is 0.258 e. The zero-order valence-electron chi connectivity index (χ0n) is 15.1. The summed E-state index contributed by atoms with van der Waals surface area (Å²) in [6.07, 6.45) is 1.76. The number of aryl methyl sites for hydroxylation is 1. The minimum atomic E-state index is -0.543. The maximum atomic E-state index is 13.8. The normalized spacial score (nSPS) is 10.8. The fraction of sp³-hybridized carbons (Fsp3) is 0.0952. The van der Waals surface area contributed by atoms with Crippen molar-refractivity contribution in [1.29, 1.82) is 0 Å². The first-order valence-electron chi connectivity index (χ1n) is 8.79. The largest absolute Gasteiger partial charge is 0.322 e. The predicted octanol–water partition coefficient (Wildman–Crippen LogP) is 5.08. The third-order valence-corrected chi connectivity index (χ3v) is 5.08. The second-order valence-corrected chi connectivity index (χ2v) is 6.97. The van der Waals surface area contributed by atoms with E-state index in [2.05, 4.69) is 15.4 Å². The molecule has 0 saturated heterocycles. The third kappa shape index (κ3) is 3.57. The highest BCUT2D eigenvalue weighted by Crippen LogP contribution is 2.28. The summed E-state index contributed by atoms with van der Waals surface area (Å²) in [6.45, 7) is 2.76. The Morgan fingerprint density at radius 3 is 2.64 bits per heavy atom. The lowest BCUT2D eigenvalue weighted by Gasteiger charge is -2.08. The van der Waals surface area contributed by atoms with Crippen LogP contribution in [0, 0.1) is 5.82 Å². The number of aromatic nitrogens is 3. The molecule has 140 valence electrons. The summed E-state index contributed by atoms with van der Waals surface area (Å²) >= 11 is 1.55. The van der Waals surface area contributed by atoms with Crippen LogP contribution in [0.25, 0.3) is 22.0 Å². The van der Waals surface area contributed by atoms with Gasteiger partial charge in [0.1, 0.15) is 16.5 Å². The van der Waals surface area contributed by atoms with Gasteiger partial charge < -0.3 is 5.32 Å². The van der Waals surface area contributed by atoms with Crippen molar-refractivity contribution < 1.29 is 9.18 Å². The van der Waals surface area contributed by atoms with Gasteiger partial charge in [-0.3, -0.25) is 9.48 Å². The monoisotopic (exact) mass is 392 g/mol. The van der Waals surface area contributed by atoms with Crippen LogP contribution in [0.15, 0.2) is 66.2 Å². The zero-order chi connectivity index (χ0) is 19.5. The molecule has 1 amide bonds. The van der Waals surface area contributed by atoms with Gasteiger partial charge in [0.2, 0.25) is 0 Å². The highest BCUT2D eigenvalue weighted by atomic mass is 32.1. The van der Waals surface area contributed by atoms with Gasteiger partial charge in [0.15, 0.2) is 0 Å². The quantitative estimate of drug-likeness (QED) is 0.515. The van der Waals surface area contributed by atoms with E-state index in [-0.39, 0.29) is 5.56 Å². The van der Waals surface area contributed by atoms with Crippen LogP contribution >= 0.6 is 11.3 Å². The highest BCUT2D eigenvalue weighted by molar-refractivity contribution is 7.13. The molecule has 0 bridgehead atoms. The summed E-state index contributed by atoms with van der Waals surface area (Å²) in [5.74, 6) is -1.02. The summed E-state index contributed by atoms with van der Waals surface area (Å²) < 4.78 is 15.7. The van der Waals surface area contributed by atoms with Crippen molar-refractivity contribution >= 4 is 22.9 Å². The van der Waals surface area contributed by atoms with Crippen LogP contribution in [0.1, 0.15) is 17.3 Å². The van der Waals surface area contributed by atoms with Gasteiger partial charge in [0, 0.05) is 23.8 Å². The van der Waals surface area contributed by atoms with Gasteiger partial charge in [-0.05, 0) is 42.8 Å². The molecule has 4 rings (SSSR count). The molecule has 5 nitrogen and oxygen atoms in total. The maximum absolute atomic E-state index is 13.8. The molecule has 0 aliphatic rings. The number of amides is 1. The number of anilines is 1. The number of hydrogen-bond acceptors (Lipinski definition) is 4. The molecule has 7 heteroatoms. The SMILES string of the molecule is CCn1nc(-c2nccs2)cc1-c1ccc(NC(=O)c2ccccc2F)cc1. The zero-order valence-corrected chi connectivity index (χ0v) is 15.9. The van der Waals surface area contributed by atoms with E-state index in [1.165, 1.54) is 12.1 Å². The van der Waals surface area contributed by atoms with E-state index >= 15 is 0 Å². The molecular formula is C21H17FN4OS. The van der Waals surface area contributed by atoms with E-state index in [4.69, 9.17) is 0 Å². The van der Waals surface area contributed by atoms with Crippen molar-refractivity contribution in [3.8, 4) is 22.0 Å². The lowest BCUT2D eigenvalue weighted by molar-refractivity contribution is 0.102. The molecule has 28 heavy (non-hydrogen) atoms. The summed E-state index contributed by atoms with van der Waals surface area (Å²) in [7, 11) is 0. The summed E-state index contributed by atoms with van der Waals surface area (Å²) in [6, 6.07) is 15.3. The second kappa shape index (κ2) is 7.74. The predicted molar refractivity (Wildman–Crippen MR) is 109 cm³/mol. The van der Waals surface area contributed by atoms with E-state index in [1.807, 2.05) is 35.2 Å². The van der Waals surface area contributed by atoms with Crippen LogP contribution in [0.5, 0.6) is 0 Å². The molecule has 2 aromatic carbocycles. The van der Waals surface area contributed by atoms with Crippen molar-refractivity contribution in [3.63, 3.8) is 0 Å². The molecule has 2 aromatic heterocycles. The van der Waals surface area contributed by atoms with Crippen molar-refractivity contribution in [2.24, 2.45) is 0 Å². The molecule has 2 heterocycles. The molecule has 0 aliphatic carbocycles. The van der Waals surface area contributed by atoms with Gasteiger partial charge in [-0.15, -0.1) is 11.3 Å². The number of carbonyl (C=O) groups excluding carboxylic acids is 1. The van der Waals surface area contributed by atoms with Crippen molar-refractivity contribution in [3.05, 3.63) is 77.6 Å². The molecule has 0 fully saturated rings. The smallest absolute Gasteiger partial charge is 0.258 e.